The Hall–Kier alpha value is -5.41. The average molecular weight is 763 g/mol. The second kappa shape index (κ2) is 13.7. The highest BCUT2D eigenvalue weighted by Gasteiger charge is 2.67. The molecule has 4 aliphatic heterocycles. The number of benzene rings is 4. The third kappa shape index (κ3) is 6.09. The van der Waals surface area contributed by atoms with Gasteiger partial charge in [-0.05, 0) is 66.5 Å². The van der Waals surface area contributed by atoms with Crippen molar-refractivity contribution in [1.29, 1.82) is 0 Å². The van der Waals surface area contributed by atoms with Gasteiger partial charge in [0.2, 0.25) is 5.91 Å². The number of carbonyl (C=O) groups is 3. The number of fused-ring (bicyclic) bond motifs is 4. The van der Waals surface area contributed by atoms with Crippen molar-refractivity contribution in [2.24, 2.45) is 5.92 Å². The molecule has 55 heavy (non-hydrogen) atoms. The van der Waals surface area contributed by atoms with Gasteiger partial charge in [0.05, 0.1) is 48.0 Å². The van der Waals surface area contributed by atoms with E-state index in [2.05, 4.69) is 0 Å². The smallest absolute Gasteiger partial charge is 0.269 e. The minimum Gasteiger partial charge on any atom is -0.482 e. The van der Waals surface area contributed by atoms with Crippen LogP contribution in [0.2, 0.25) is 18.6 Å². The third-order valence-electron chi connectivity index (χ3n) is 11.7. The molecule has 0 aliphatic carbocycles. The van der Waals surface area contributed by atoms with Crippen molar-refractivity contribution in [2.75, 3.05) is 23.0 Å². The molecule has 5 atom stereocenters. The number of amides is 3. The number of anilines is 3. The number of ether oxygens (including phenoxy) is 2. The number of nitrogens with zero attached hydrogens (tertiary/aromatic N) is 4. The van der Waals surface area contributed by atoms with Crippen molar-refractivity contribution < 1.29 is 38.7 Å². The predicted octanol–water partition coefficient (Wildman–Crippen LogP) is 5.33. The first-order valence-electron chi connectivity index (χ1n) is 18.4. The SMILES string of the molecule is C[C@@H]1[C@@H]([Si](C)(C)O)[C@H](CC(=O)N2Cc3ccccc3C[C@H]2CO)O[C@@]12C(=O)N(Cc1cccc(N3C(=O)COc4ccccc43)c1)c1ccc([N+](=O)[O-])cc12. The molecule has 3 amide bonds. The summed E-state index contributed by atoms with van der Waals surface area (Å²) in [5, 5.41) is 22.4. The molecule has 4 aromatic rings. The molecule has 1 spiro atoms. The summed E-state index contributed by atoms with van der Waals surface area (Å²) in [5.74, 6) is -1.07. The summed E-state index contributed by atoms with van der Waals surface area (Å²) in [4.78, 5) is 70.6. The number of hydrogen-bond acceptors (Lipinski definition) is 9. The van der Waals surface area contributed by atoms with E-state index in [4.69, 9.17) is 9.47 Å². The van der Waals surface area contributed by atoms with Gasteiger partial charge in [0, 0.05) is 41.4 Å². The normalized spacial score (nSPS) is 24.4. The number of hydrogen-bond donors (Lipinski definition) is 2. The number of nitro groups is 1. The lowest BCUT2D eigenvalue weighted by Gasteiger charge is -2.37. The van der Waals surface area contributed by atoms with E-state index < -0.39 is 48.4 Å². The van der Waals surface area contributed by atoms with Crippen LogP contribution in [0.3, 0.4) is 0 Å². The van der Waals surface area contributed by atoms with E-state index >= 15 is 4.79 Å². The number of aliphatic hydroxyl groups is 1. The van der Waals surface area contributed by atoms with Crippen LogP contribution in [0.15, 0.2) is 91.0 Å². The van der Waals surface area contributed by atoms with Crippen LogP contribution in [-0.4, -0.2) is 71.1 Å². The van der Waals surface area contributed by atoms with Gasteiger partial charge in [-0.2, -0.15) is 0 Å². The molecule has 284 valence electrons. The summed E-state index contributed by atoms with van der Waals surface area (Å²) < 4.78 is 12.5. The van der Waals surface area contributed by atoms with Crippen LogP contribution in [0.25, 0.3) is 0 Å². The highest BCUT2D eigenvalue weighted by molar-refractivity contribution is 6.71. The van der Waals surface area contributed by atoms with Gasteiger partial charge in [-0.1, -0.05) is 55.5 Å². The van der Waals surface area contributed by atoms with Crippen molar-refractivity contribution >= 4 is 48.8 Å². The Morgan fingerprint density at radius 1 is 0.982 bits per heavy atom. The summed E-state index contributed by atoms with van der Waals surface area (Å²) in [6.45, 7) is 5.33. The van der Waals surface area contributed by atoms with Crippen molar-refractivity contribution in [1.82, 2.24) is 4.90 Å². The zero-order valence-electron chi connectivity index (χ0n) is 30.8. The van der Waals surface area contributed by atoms with E-state index in [1.807, 2.05) is 55.5 Å². The van der Waals surface area contributed by atoms with Crippen LogP contribution in [0.1, 0.15) is 35.6 Å². The average Bonchev–Trinajstić information content (AvgIpc) is 3.59. The fourth-order valence-corrected chi connectivity index (χ4v) is 11.8. The molecule has 0 aromatic heterocycles. The summed E-state index contributed by atoms with van der Waals surface area (Å²) >= 11 is 0. The van der Waals surface area contributed by atoms with Crippen LogP contribution < -0.4 is 14.5 Å². The van der Waals surface area contributed by atoms with E-state index in [9.17, 15) is 29.6 Å². The van der Waals surface area contributed by atoms with E-state index in [-0.39, 0.29) is 43.7 Å². The molecule has 4 aliphatic rings. The fraction of sp³-hybridized carbons (Fsp3) is 0.341. The predicted molar refractivity (Wildman–Crippen MR) is 205 cm³/mol. The Labute approximate surface area is 319 Å². The van der Waals surface area contributed by atoms with Crippen LogP contribution in [-0.2, 0) is 44.2 Å². The maximum absolute atomic E-state index is 15.1. The zero-order valence-corrected chi connectivity index (χ0v) is 31.8. The van der Waals surface area contributed by atoms with Gasteiger partial charge in [-0.3, -0.25) is 29.4 Å². The molecule has 13 nitrogen and oxygen atoms in total. The molecule has 4 aromatic carbocycles. The van der Waals surface area contributed by atoms with Crippen molar-refractivity contribution in [3.05, 3.63) is 123 Å². The quantitative estimate of drug-likeness (QED) is 0.137. The molecule has 0 radical (unpaired) electrons. The first kappa shape index (κ1) is 36.6. The third-order valence-corrected chi connectivity index (χ3v) is 14.2. The highest BCUT2D eigenvalue weighted by Crippen LogP contribution is 2.60. The van der Waals surface area contributed by atoms with Crippen LogP contribution in [0, 0.1) is 16.0 Å². The Balaban J connectivity index is 1.15. The molecule has 1 fully saturated rings. The fourth-order valence-electron chi connectivity index (χ4n) is 9.23. The molecule has 0 bridgehead atoms. The topological polar surface area (TPSA) is 163 Å². The Kier molecular flexibility index (Phi) is 9.11. The molecular weight excluding hydrogens is 721 g/mol. The molecule has 4 heterocycles. The molecule has 0 saturated carbocycles. The van der Waals surface area contributed by atoms with Crippen LogP contribution in [0.4, 0.5) is 22.7 Å². The number of para-hydroxylation sites is 2. The van der Waals surface area contributed by atoms with Gasteiger partial charge >= 0.3 is 0 Å². The van der Waals surface area contributed by atoms with Gasteiger partial charge in [0.1, 0.15) is 5.75 Å². The molecule has 8 rings (SSSR count). The second-order valence-electron chi connectivity index (χ2n) is 15.4. The Bertz CT molecular complexity index is 2230. The van der Waals surface area contributed by atoms with E-state index in [0.29, 0.717) is 46.9 Å². The number of rotatable bonds is 8. The molecule has 2 N–H and O–H groups in total. The minimum atomic E-state index is -3.19. The standard InChI is InChI=1S/C41H42N4O9Si/c1-25-39(55(2,3)52)36(20-37(47)42-22-28-11-5-4-10-27(28)18-31(42)23-46)54-41(25)32-19-30(45(50)51)15-16-33(32)43(40(41)49)21-26-9-8-12-29(17-26)44-34-13-6-7-14-35(34)53-24-38(44)48/h4-17,19,25,31,36,39,46,52H,18,20-24H2,1-3H3/t25-,31+,36+,39-,41+/m1/s1. The molecule has 14 heteroatoms. The van der Waals surface area contributed by atoms with Gasteiger partial charge in [-0.15, -0.1) is 0 Å². The van der Waals surface area contributed by atoms with Crippen LogP contribution in [0.5, 0.6) is 5.75 Å². The number of non-ortho nitro benzene ring substituents is 1. The summed E-state index contributed by atoms with van der Waals surface area (Å²) in [6, 6.07) is 26.1. The van der Waals surface area contributed by atoms with E-state index in [1.165, 1.54) is 12.1 Å². The number of carbonyl (C=O) groups excluding carboxylic acids is 3. The second-order valence-corrected chi connectivity index (χ2v) is 19.4. The first-order valence-corrected chi connectivity index (χ1v) is 21.5. The van der Waals surface area contributed by atoms with Gasteiger partial charge < -0.3 is 29.2 Å². The Morgan fingerprint density at radius 3 is 2.47 bits per heavy atom. The lowest BCUT2D eigenvalue weighted by molar-refractivity contribution is -0.385. The summed E-state index contributed by atoms with van der Waals surface area (Å²) in [7, 11) is -3.19. The highest BCUT2D eigenvalue weighted by atomic mass is 28.4. The lowest BCUT2D eigenvalue weighted by Crippen LogP contribution is -2.48. The lowest BCUT2D eigenvalue weighted by atomic mass is 9.82. The molecular formula is C41H42N4O9Si. The zero-order chi connectivity index (χ0) is 38.8. The van der Waals surface area contributed by atoms with Crippen LogP contribution >= 0.6 is 0 Å². The molecule has 0 unspecified atom stereocenters. The van der Waals surface area contributed by atoms with E-state index in [0.717, 1.165) is 11.1 Å². The van der Waals surface area contributed by atoms with Gasteiger partial charge in [0.15, 0.2) is 20.5 Å². The first-order chi connectivity index (χ1) is 26.3. The monoisotopic (exact) mass is 762 g/mol. The number of aliphatic hydroxyl groups excluding tert-OH is 1. The van der Waals surface area contributed by atoms with Crippen molar-refractivity contribution in [2.45, 2.75) is 69.2 Å². The minimum absolute atomic E-state index is 0.0507. The van der Waals surface area contributed by atoms with Crippen molar-refractivity contribution in [3.8, 4) is 5.75 Å². The van der Waals surface area contributed by atoms with Gasteiger partial charge in [0.25, 0.3) is 17.5 Å². The Morgan fingerprint density at radius 2 is 1.73 bits per heavy atom. The maximum atomic E-state index is 15.1. The maximum Gasteiger partial charge on any atom is 0.269 e. The van der Waals surface area contributed by atoms with Crippen molar-refractivity contribution in [3.63, 3.8) is 0 Å². The largest absolute Gasteiger partial charge is 0.482 e. The summed E-state index contributed by atoms with van der Waals surface area (Å²) in [5.41, 5.74) is 2.11. The van der Waals surface area contributed by atoms with Gasteiger partial charge in [-0.25, -0.2) is 0 Å². The van der Waals surface area contributed by atoms with E-state index in [1.54, 1.807) is 58.1 Å². The summed E-state index contributed by atoms with van der Waals surface area (Å²) in [6.07, 6.45) is -0.551. The number of nitro benzene ring substituents is 1. The molecule has 1 saturated heterocycles.